The largest absolute Gasteiger partial charge is 0.455 e. The Labute approximate surface area is 127 Å². The van der Waals surface area contributed by atoms with Crippen LogP contribution in [-0.4, -0.2) is 11.3 Å². The number of carbonyl (C=O) groups excluding carboxylic acids is 1. The molecule has 2 aromatic carbocycles. The van der Waals surface area contributed by atoms with Crippen molar-refractivity contribution in [2.24, 2.45) is 0 Å². The lowest BCUT2D eigenvalue weighted by atomic mass is 10.1. The number of rotatable bonds is 3. The van der Waals surface area contributed by atoms with Gasteiger partial charge in [0.15, 0.2) is 5.75 Å². The van der Waals surface area contributed by atoms with E-state index in [1.807, 2.05) is 25.1 Å². The Morgan fingerprint density at radius 1 is 1.14 bits per heavy atom. The first kappa shape index (κ1) is 13.6. The topological polar surface area (TPSA) is 39.2 Å². The molecule has 0 aliphatic rings. The normalized spacial score (nSPS) is 10.6. The first-order valence-corrected chi connectivity index (χ1v) is 6.84. The van der Waals surface area contributed by atoms with E-state index in [1.54, 1.807) is 30.5 Å². The van der Waals surface area contributed by atoms with Crippen LogP contribution in [0.25, 0.3) is 10.9 Å². The van der Waals surface area contributed by atoms with E-state index in [0.29, 0.717) is 27.6 Å². The Bertz CT molecular complexity index is 830. The standard InChI is InChI=1S/C17H12ClNO2/c1-11-4-5-12(10-20)9-16(11)21-15-7-6-14(18)13-3-2-8-19-17(13)15/h2-10H,1H3. The van der Waals surface area contributed by atoms with Gasteiger partial charge in [-0.1, -0.05) is 23.7 Å². The second kappa shape index (κ2) is 5.54. The third-order valence-corrected chi connectivity index (χ3v) is 3.58. The van der Waals surface area contributed by atoms with Gasteiger partial charge in [0.1, 0.15) is 17.6 Å². The van der Waals surface area contributed by atoms with Gasteiger partial charge in [-0.25, -0.2) is 0 Å². The van der Waals surface area contributed by atoms with E-state index in [2.05, 4.69) is 4.98 Å². The number of pyridine rings is 1. The second-order valence-electron chi connectivity index (χ2n) is 4.69. The van der Waals surface area contributed by atoms with E-state index >= 15 is 0 Å². The SMILES string of the molecule is Cc1ccc(C=O)cc1Oc1ccc(Cl)c2cccnc12. The summed E-state index contributed by atoms with van der Waals surface area (Å²) in [7, 11) is 0. The molecule has 104 valence electrons. The highest BCUT2D eigenvalue weighted by molar-refractivity contribution is 6.35. The maximum Gasteiger partial charge on any atom is 0.153 e. The van der Waals surface area contributed by atoms with Gasteiger partial charge in [-0.05, 0) is 42.8 Å². The molecule has 0 N–H and O–H groups in total. The molecule has 0 fully saturated rings. The maximum atomic E-state index is 10.9. The van der Waals surface area contributed by atoms with Gasteiger partial charge in [0.2, 0.25) is 0 Å². The molecule has 0 saturated carbocycles. The maximum absolute atomic E-state index is 10.9. The van der Waals surface area contributed by atoms with Gasteiger partial charge in [0.05, 0.1) is 5.02 Å². The number of aryl methyl sites for hydroxylation is 1. The van der Waals surface area contributed by atoms with Crippen LogP contribution in [0.4, 0.5) is 0 Å². The summed E-state index contributed by atoms with van der Waals surface area (Å²) in [5, 5.41) is 1.46. The van der Waals surface area contributed by atoms with Crippen LogP contribution in [0.5, 0.6) is 11.5 Å². The predicted molar refractivity (Wildman–Crippen MR) is 83.4 cm³/mol. The highest BCUT2D eigenvalue weighted by atomic mass is 35.5. The van der Waals surface area contributed by atoms with Crippen LogP contribution < -0.4 is 4.74 Å². The van der Waals surface area contributed by atoms with E-state index in [1.165, 1.54) is 0 Å². The molecule has 0 aliphatic heterocycles. The number of hydrogen-bond donors (Lipinski definition) is 0. The third kappa shape index (κ3) is 2.60. The van der Waals surface area contributed by atoms with Crippen LogP contribution in [0.3, 0.4) is 0 Å². The molecule has 4 heteroatoms. The summed E-state index contributed by atoms with van der Waals surface area (Å²) in [6, 6.07) is 12.6. The highest BCUT2D eigenvalue weighted by Gasteiger charge is 2.09. The number of hydrogen-bond acceptors (Lipinski definition) is 3. The minimum Gasteiger partial charge on any atom is -0.455 e. The predicted octanol–water partition coefficient (Wildman–Crippen LogP) is 4.80. The zero-order valence-electron chi connectivity index (χ0n) is 11.3. The van der Waals surface area contributed by atoms with Gasteiger partial charge in [-0.3, -0.25) is 9.78 Å². The molecule has 0 unspecified atom stereocenters. The smallest absolute Gasteiger partial charge is 0.153 e. The van der Waals surface area contributed by atoms with Crippen molar-refractivity contribution < 1.29 is 9.53 Å². The van der Waals surface area contributed by atoms with Crippen molar-refractivity contribution in [3.05, 3.63) is 64.8 Å². The molecule has 0 saturated heterocycles. The van der Waals surface area contributed by atoms with Crippen molar-refractivity contribution in [3.8, 4) is 11.5 Å². The number of ether oxygens (including phenoxy) is 1. The number of carbonyl (C=O) groups is 1. The molecule has 21 heavy (non-hydrogen) atoms. The average Bonchev–Trinajstić information content (AvgIpc) is 2.52. The summed E-state index contributed by atoms with van der Waals surface area (Å²) in [5.74, 6) is 1.25. The van der Waals surface area contributed by atoms with E-state index in [4.69, 9.17) is 16.3 Å². The molecular formula is C17H12ClNO2. The summed E-state index contributed by atoms with van der Waals surface area (Å²) in [6.45, 7) is 1.93. The lowest BCUT2D eigenvalue weighted by Gasteiger charge is -2.11. The number of benzene rings is 2. The van der Waals surface area contributed by atoms with Gasteiger partial charge in [-0.15, -0.1) is 0 Å². The van der Waals surface area contributed by atoms with Crippen LogP contribution >= 0.6 is 11.6 Å². The van der Waals surface area contributed by atoms with Crippen molar-refractivity contribution in [1.29, 1.82) is 0 Å². The van der Waals surface area contributed by atoms with E-state index < -0.39 is 0 Å². The van der Waals surface area contributed by atoms with Crippen molar-refractivity contribution in [1.82, 2.24) is 4.98 Å². The average molecular weight is 298 g/mol. The number of aldehydes is 1. The Balaban J connectivity index is 2.10. The quantitative estimate of drug-likeness (QED) is 0.652. The number of aromatic nitrogens is 1. The summed E-state index contributed by atoms with van der Waals surface area (Å²) < 4.78 is 5.94. The van der Waals surface area contributed by atoms with Gasteiger partial charge in [0.25, 0.3) is 0 Å². The Hall–Kier alpha value is -2.39. The van der Waals surface area contributed by atoms with Crippen LogP contribution in [0.15, 0.2) is 48.7 Å². The monoisotopic (exact) mass is 297 g/mol. The fourth-order valence-corrected chi connectivity index (χ4v) is 2.33. The molecule has 3 rings (SSSR count). The molecule has 0 radical (unpaired) electrons. The van der Waals surface area contributed by atoms with Crippen molar-refractivity contribution in [2.75, 3.05) is 0 Å². The van der Waals surface area contributed by atoms with Gasteiger partial charge >= 0.3 is 0 Å². The summed E-state index contributed by atoms with van der Waals surface area (Å²) in [5.41, 5.74) is 2.21. The summed E-state index contributed by atoms with van der Waals surface area (Å²) in [6.07, 6.45) is 2.49. The van der Waals surface area contributed by atoms with Gasteiger partial charge in [-0.2, -0.15) is 0 Å². The molecule has 1 heterocycles. The fraction of sp³-hybridized carbons (Fsp3) is 0.0588. The van der Waals surface area contributed by atoms with E-state index in [0.717, 1.165) is 17.2 Å². The van der Waals surface area contributed by atoms with E-state index in [-0.39, 0.29) is 0 Å². The minimum absolute atomic E-state index is 0.571. The van der Waals surface area contributed by atoms with Crippen LogP contribution in [0.1, 0.15) is 15.9 Å². The Kier molecular flexibility index (Phi) is 3.59. The number of nitrogens with zero attached hydrogens (tertiary/aromatic N) is 1. The molecule has 0 atom stereocenters. The van der Waals surface area contributed by atoms with E-state index in [9.17, 15) is 4.79 Å². The van der Waals surface area contributed by atoms with Crippen LogP contribution in [-0.2, 0) is 0 Å². The first-order chi connectivity index (χ1) is 10.2. The Morgan fingerprint density at radius 3 is 2.81 bits per heavy atom. The molecule has 3 nitrogen and oxygen atoms in total. The van der Waals surface area contributed by atoms with Crippen LogP contribution in [0.2, 0.25) is 5.02 Å². The Morgan fingerprint density at radius 2 is 2.00 bits per heavy atom. The summed E-state index contributed by atoms with van der Waals surface area (Å²) in [4.78, 5) is 15.2. The van der Waals surface area contributed by atoms with Crippen molar-refractivity contribution >= 4 is 28.8 Å². The van der Waals surface area contributed by atoms with Gasteiger partial charge < -0.3 is 4.74 Å². The van der Waals surface area contributed by atoms with Gasteiger partial charge in [0, 0.05) is 17.1 Å². The second-order valence-corrected chi connectivity index (χ2v) is 5.10. The molecule has 0 bridgehead atoms. The van der Waals surface area contributed by atoms with Crippen LogP contribution in [0, 0.1) is 6.92 Å². The van der Waals surface area contributed by atoms with Crippen molar-refractivity contribution in [2.45, 2.75) is 6.92 Å². The molecule has 1 aromatic heterocycles. The number of fused-ring (bicyclic) bond motifs is 1. The third-order valence-electron chi connectivity index (χ3n) is 3.25. The minimum atomic E-state index is 0.571. The van der Waals surface area contributed by atoms with Crippen molar-refractivity contribution in [3.63, 3.8) is 0 Å². The molecule has 0 amide bonds. The molecular weight excluding hydrogens is 286 g/mol. The zero-order valence-corrected chi connectivity index (χ0v) is 12.1. The fourth-order valence-electron chi connectivity index (χ4n) is 2.11. The molecule has 0 aliphatic carbocycles. The molecule has 3 aromatic rings. The highest BCUT2D eigenvalue weighted by Crippen LogP contribution is 2.33. The number of halogens is 1. The summed E-state index contributed by atoms with van der Waals surface area (Å²) >= 11 is 6.17. The zero-order chi connectivity index (χ0) is 14.8. The lowest BCUT2D eigenvalue weighted by molar-refractivity contribution is 0.112. The first-order valence-electron chi connectivity index (χ1n) is 6.46. The molecule has 0 spiro atoms. The lowest BCUT2D eigenvalue weighted by Crippen LogP contribution is -1.92.